The summed E-state index contributed by atoms with van der Waals surface area (Å²) in [7, 11) is 0. The molecular weight excluding hydrogens is 216 g/mol. The smallest absolute Gasteiger partial charge is 0.0443 e. The van der Waals surface area contributed by atoms with E-state index < -0.39 is 0 Å². The summed E-state index contributed by atoms with van der Waals surface area (Å²) in [5.74, 6) is 1.93. The quantitative estimate of drug-likeness (QED) is 0.492. The van der Waals surface area contributed by atoms with Gasteiger partial charge in [0.15, 0.2) is 0 Å². The topological polar surface area (TPSA) is 0 Å². The molecule has 0 heterocycles. The van der Waals surface area contributed by atoms with Gasteiger partial charge in [-0.25, -0.2) is 0 Å². The van der Waals surface area contributed by atoms with Crippen LogP contribution < -0.4 is 0 Å². The van der Waals surface area contributed by atoms with E-state index in [-0.39, 0.29) is 0 Å². The lowest BCUT2D eigenvalue weighted by atomic mass is 10.2. The van der Waals surface area contributed by atoms with Gasteiger partial charge in [-0.05, 0) is 11.8 Å². The molecule has 0 spiro atoms. The van der Waals surface area contributed by atoms with Crippen LogP contribution in [0.5, 0.6) is 0 Å². The first-order valence-corrected chi connectivity index (χ1v) is 8.58. The molecule has 0 amide bonds. The first-order chi connectivity index (χ1) is 8.58. The Balaban J connectivity index is -0.000000177. The lowest BCUT2D eigenvalue weighted by Gasteiger charge is -1.91. The molecule has 1 aliphatic rings. The Kier molecular flexibility index (Phi) is 28.5. The summed E-state index contributed by atoms with van der Waals surface area (Å²) in [6, 6.07) is 0. The molecule has 0 aromatic heterocycles. The first kappa shape index (κ1) is 23.1. The Morgan fingerprint density at radius 3 is 1.28 bits per heavy atom. The van der Waals surface area contributed by atoms with Crippen molar-refractivity contribution >= 4 is 0 Å². The summed E-state index contributed by atoms with van der Waals surface area (Å²) in [5, 5.41) is 0. The minimum absolute atomic E-state index is 0.884. The number of rotatable bonds is 3. The van der Waals surface area contributed by atoms with E-state index >= 15 is 0 Å². The Morgan fingerprint density at radius 2 is 1.22 bits per heavy atom. The van der Waals surface area contributed by atoms with Gasteiger partial charge in [-0.1, -0.05) is 107 Å². The fraction of sp³-hybridized carbons (Fsp3) is 1.00. The highest BCUT2D eigenvalue weighted by molar-refractivity contribution is 4.60. The van der Waals surface area contributed by atoms with E-state index in [0.29, 0.717) is 0 Å². The van der Waals surface area contributed by atoms with Crippen molar-refractivity contribution in [1.82, 2.24) is 0 Å². The van der Waals surface area contributed by atoms with Crippen LogP contribution in [-0.2, 0) is 0 Å². The van der Waals surface area contributed by atoms with Gasteiger partial charge in [-0.3, -0.25) is 0 Å². The average molecular weight is 259 g/mol. The average Bonchev–Trinajstić information content (AvgIpc) is 2.85. The second-order valence-electron chi connectivity index (χ2n) is 5.55. The van der Waals surface area contributed by atoms with Crippen molar-refractivity contribution < 1.29 is 0 Å². The van der Waals surface area contributed by atoms with E-state index in [1.54, 1.807) is 0 Å². The number of hydrogen-bond donors (Lipinski definition) is 0. The number of hydrogen-bond acceptors (Lipinski definition) is 0. The van der Waals surface area contributed by atoms with Crippen molar-refractivity contribution in [1.29, 1.82) is 0 Å². The summed E-state index contributed by atoms with van der Waals surface area (Å²) < 4.78 is 0. The predicted octanol–water partition coefficient (Wildman–Crippen LogP) is 7.47. The molecule has 0 saturated heterocycles. The Bertz CT molecular complexity index is 96.6. The zero-order valence-electron chi connectivity index (χ0n) is 14.8. The molecule has 0 bridgehead atoms. The molecule has 1 fully saturated rings. The van der Waals surface area contributed by atoms with Crippen molar-refractivity contribution in [3.05, 3.63) is 0 Å². The number of unbranched alkanes of at least 4 members (excludes halogenated alkanes) is 2. The molecule has 0 nitrogen and oxygen atoms in total. The van der Waals surface area contributed by atoms with Crippen molar-refractivity contribution in [2.24, 2.45) is 11.8 Å². The van der Waals surface area contributed by atoms with Crippen LogP contribution >= 0.6 is 0 Å². The van der Waals surface area contributed by atoms with Gasteiger partial charge in [-0.15, -0.1) is 0 Å². The van der Waals surface area contributed by atoms with Crippen molar-refractivity contribution in [2.45, 2.75) is 107 Å². The Labute approximate surface area is 119 Å². The summed E-state index contributed by atoms with van der Waals surface area (Å²) >= 11 is 0. The minimum atomic E-state index is 0.884. The summed E-state index contributed by atoms with van der Waals surface area (Å²) in [4.78, 5) is 0. The van der Waals surface area contributed by atoms with Crippen LogP contribution in [0.25, 0.3) is 0 Å². The molecule has 0 heteroatoms. The third-order valence-electron chi connectivity index (χ3n) is 3.17. The summed E-state index contributed by atoms with van der Waals surface area (Å²) in [6.07, 6.45) is 11.3. The maximum absolute atomic E-state index is 2.34. The third kappa shape index (κ3) is 29.8. The van der Waals surface area contributed by atoms with Crippen molar-refractivity contribution in [3.63, 3.8) is 0 Å². The van der Waals surface area contributed by atoms with E-state index in [2.05, 4.69) is 41.5 Å². The van der Waals surface area contributed by atoms with Gasteiger partial charge >= 0.3 is 0 Å². The largest absolute Gasteiger partial charge is 0.0683 e. The Hall–Kier alpha value is 0. The van der Waals surface area contributed by atoms with E-state index in [4.69, 9.17) is 0 Å². The summed E-state index contributed by atoms with van der Waals surface area (Å²) in [6.45, 7) is 17.4. The van der Waals surface area contributed by atoms with Gasteiger partial charge in [0, 0.05) is 0 Å². The van der Waals surface area contributed by atoms with Gasteiger partial charge in [0.1, 0.15) is 0 Å². The first-order valence-electron chi connectivity index (χ1n) is 8.58. The van der Waals surface area contributed by atoms with Gasteiger partial charge < -0.3 is 0 Å². The predicted molar refractivity (Wildman–Crippen MR) is 89.3 cm³/mol. The van der Waals surface area contributed by atoms with Gasteiger partial charge in [0.25, 0.3) is 0 Å². The van der Waals surface area contributed by atoms with Crippen LogP contribution in [0.1, 0.15) is 107 Å². The lowest BCUT2D eigenvalue weighted by Crippen LogP contribution is -1.78. The highest BCUT2D eigenvalue weighted by Gasteiger charge is 2.07. The molecule has 1 aliphatic carbocycles. The van der Waals surface area contributed by atoms with Crippen LogP contribution in [0.4, 0.5) is 0 Å². The molecule has 0 unspecified atom stereocenters. The molecular formula is C18H42. The van der Waals surface area contributed by atoms with Gasteiger partial charge in [0.2, 0.25) is 0 Å². The third-order valence-corrected chi connectivity index (χ3v) is 3.17. The van der Waals surface area contributed by atoms with E-state index in [1.807, 2.05) is 13.8 Å². The molecule has 114 valence electrons. The van der Waals surface area contributed by atoms with Crippen LogP contribution in [0, 0.1) is 11.8 Å². The minimum Gasteiger partial charge on any atom is -0.0683 e. The molecule has 1 rings (SSSR count). The van der Waals surface area contributed by atoms with E-state index in [0.717, 1.165) is 11.8 Å². The van der Waals surface area contributed by atoms with E-state index in [9.17, 15) is 0 Å². The standard InChI is InChI=1S/C6H12.2C5H12.C2H6/c1-6-4-2-3-5-6;1-4-5(2)3;1-3-5-4-2;1-2/h6H,2-5H2,1H3;5H,4H2,1-3H3;3-5H2,1-2H3;1-2H3. The molecule has 0 atom stereocenters. The fourth-order valence-electron chi connectivity index (χ4n) is 1.48. The maximum Gasteiger partial charge on any atom is -0.0443 e. The molecule has 0 aliphatic heterocycles. The van der Waals surface area contributed by atoms with Gasteiger partial charge in [0.05, 0.1) is 0 Å². The van der Waals surface area contributed by atoms with Gasteiger partial charge in [-0.2, -0.15) is 0 Å². The lowest BCUT2D eigenvalue weighted by molar-refractivity contribution is 0.612. The zero-order valence-corrected chi connectivity index (χ0v) is 14.8. The fourth-order valence-corrected chi connectivity index (χ4v) is 1.48. The van der Waals surface area contributed by atoms with Crippen LogP contribution in [0.2, 0.25) is 0 Å². The van der Waals surface area contributed by atoms with Crippen LogP contribution in [-0.4, -0.2) is 0 Å². The second-order valence-corrected chi connectivity index (χ2v) is 5.55. The molecule has 18 heavy (non-hydrogen) atoms. The van der Waals surface area contributed by atoms with Crippen LogP contribution in [0.15, 0.2) is 0 Å². The highest BCUT2D eigenvalue weighted by atomic mass is 14.1. The van der Waals surface area contributed by atoms with Crippen molar-refractivity contribution in [3.8, 4) is 0 Å². The van der Waals surface area contributed by atoms with E-state index in [1.165, 1.54) is 51.4 Å². The SMILES string of the molecule is CC.CC1CCCC1.CCC(C)C.CCCCC. The van der Waals surface area contributed by atoms with Crippen LogP contribution in [0.3, 0.4) is 0 Å². The second kappa shape index (κ2) is 22.2. The molecule has 0 radical (unpaired) electrons. The highest BCUT2D eigenvalue weighted by Crippen LogP contribution is 2.22. The monoisotopic (exact) mass is 258 g/mol. The normalized spacial score (nSPS) is 13.8. The molecule has 0 aromatic carbocycles. The zero-order chi connectivity index (χ0) is 14.8. The molecule has 1 saturated carbocycles. The molecule has 0 N–H and O–H groups in total. The maximum atomic E-state index is 2.34. The van der Waals surface area contributed by atoms with Crippen molar-refractivity contribution in [2.75, 3.05) is 0 Å². The molecule has 0 aromatic rings. The summed E-state index contributed by atoms with van der Waals surface area (Å²) in [5.41, 5.74) is 0. The Morgan fingerprint density at radius 1 is 0.889 bits per heavy atom.